The van der Waals surface area contributed by atoms with Gasteiger partial charge >= 0.3 is 0 Å². The molecule has 0 saturated heterocycles. The normalized spacial score (nSPS) is 11.9. The maximum atomic E-state index is 6.97. The van der Waals surface area contributed by atoms with Crippen LogP contribution in [0.4, 0.5) is 34.1 Å². The Hall–Kier alpha value is -8.60. The van der Waals surface area contributed by atoms with Gasteiger partial charge in [-0.2, -0.15) is 0 Å². The highest BCUT2D eigenvalue weighted by atomic mass is 16.5. The second-order valence-corrected chi connectivity index (χ2v) is 17.5. The van der Waals surface area contributed by atoms with E-state index in [1.54, 1.807) is 0 Å². The highest BCUT2D eigenvalue weighted by molar-refractivity contribution is 6.26. The van der Waals surface area contributed by atoms with Crippen LogP contribution in [-0.4, -0.2) is 0 Å². The van der Waals surface area contributed by atoms with Gasteiger partial charge < -0.3 is 19.0 Å². The minimum Gasteiger partial charge on any atom is -0.456 e. The lowest BCUT2D eigenvalue weighted by Gasteiger charge is -2.28. The zero-order valence-electron chi connectivity index (χ0n) is 36.5. The largest absolute Gasteiger partial charge is 0.456 e. The summed E-state index contributed by atoms with van der Waals surface area (Å²) < 4.78 is 13.8. The van der Waals surface area contributed by atoms with Crippen molar-refractivity contribution in [1.82, 2.24) is 0 Å². The molecule has 0 atom stereocenters. The molecule has 4 nitrogen and oxygen atoms in total. The first-order valence-electron chi connectivity index (χ1n) is 22.6. The molecule has 11 aromatic carbocycles. The minimum atomic E-state index is 0.847. The van der Waals surface area contributed by atoms with Crippen molar-refractivity contribution in [2.75, 3.05) is 9.80 Å². The second kappa shape index (κ2) is 15.0. The lowest BCUT2D eigenvalue weighted by molar-refractivity contribution is 0.487. The predicted octanol–water partition coefficient (Wildman–Crippen LogP) is 18.0. The summed E-state index contributed by atoms with van der Waals surface area (Å²) >= 11 is 0. The van der Waals surface area contributed by atoms with Crippen molar-refractivity contribution in [3.05, 3.63) is 230 Å². The highest BCUT2D eigenvalue weighted by Crippen LogP contribution is 2.53. The van der Waals surface area contributed by atoms with Gasteiger partial charge in [-0.3, -0.25) is 0 Å². The van der Waals surface area contributed by atoms with Gasteiger partial charge in [-0.05, 0) is 166 Å². The summed E-state index contributed by atoms with van der Waals surface area (Å²) in [5, 5.41) is 9.37. The van der Waals surface area contributed by atoms with Crippen molar-refractivity contribution >= 4 is 88.4 Å². The first-order valence-corrected chi connectivity index (χ1v) is 22.6. The molecule has 2 heterocycles. The first kappa shape index (κ1) is 37.9. The number of furan rings is 1. The van der Waals surface area contributed by atoms with Crippen LogP contribution in [-0.2, 0) is 0 Å². The molecule has 12 aromatic rings. The maximum Gasteiger partial charge on any atom is 0.137 e. The number of rotatable bonds is 7. The van der Waals surface area contributed by atoms with Crippen molar-refractivity contribution in [3.8, 4) is 33.8 Å². The van der Waals surface area contributed by atoms with Crippen LogP contribution in [0.3, 0.4) is 0 Å². The molecule has 0 saturated carbocycles. The van der Waals surface area contributed by atoms with Crippen LogP contribution in [0.1, 0.15) is 11.1 Å². The van der Waals surface area contributed by atoms with Crippen LogP contribution in [0, 0.1) is 13.8 Å². The van der Waals surface area contributed by atoms with Crippen molar-refractivity contribution in [1.29, 1.82) is 0 Å². The molecule has 0 N–H and O–H groups in total. The molecule has 1 aliphatic rings. The average molecular weight is 847 g/mol. The summed E-state index contributed by atoms with van der Waals surface area (Å²) in [6.45, 7) is 4.36. The van der Waals surface area contributed by atoms with Crippen LogP contribution >= 0.6 is 0 Å². The molecular weight excluding hydrogens is 805 g/mol. The minimum absolute atomic E-state index is 0.847. The number of hydrogen-bond donors (Lipinski definition) is 0. The maximum absolute atomic E-state index is 6.97. The van der Waals surface area contributed by atoms with Gasteiger partial charge in [0.1, 0.15) is 22.7 Å². The third kappa shape index (κ3) is 6.14. The Morgan fingerprint density at radius 1 is 0.303 bits per heavy atom. The van der Waals surface area contributed by atoms with Crippen molar-refractivity contribution in [2.24, 2.45) is 0 Å². The molecule has 0 radical (unpaired) electrons. The Balaban J connectivity index is 0.965. The molecule has 0 unspecified atom stereocenters. The number of nitrogens with zero attached hydrogens (tertiary/aromatic N) is 2. The van der Waals surface area contributed by atoms with E-state index in [1.165, 1.54) is 43.6 Å². The smallest absolute Gasteiger partial charge is 0.137 e. The Kier molecular flexibility index (Phi) is 8.62. The van der Waals surface area contributed by atoms with Gasteiger partial charge in [0, 0.05) is 68.0 Å². The lowest BCUT2D eigenvalue weighted by atomic mass is 9.85. The molecule has 0 fully saturated rings. The zero-order chi connectivity index (χ0) is 43.9. The van der Waals surface area contributed by atoms with E-state index in [0.717, 1.165) is 89.6 Å². The van der Waals surface area contributed by atoms with Crippen LogP contribution in [0.5, 0.6) is 11.5 Å². The quantitative estimate of drug-likeness (QED) is 0.149. The standard InChI is InChI=1S/C62H42N2O2/c1-39-23-27-48-52(41-24-28-49-50-29-25-46(35-59(50)65-58(49)34-41)63(42-15-7-3-8-16-42)43-17-9-4-10-18-43)37-55-54(53(48)31-39)38-57-51-30-26-47(36-60(51)66-61-33-40(2)32-56(55)62(57)61)64(44-19-11-5-12-20-44)45-21-13-6-14-22-45/h3-38H,1-2H3. The van der Waals surface area contributed by atoms with Gasteiger partial charge in [-0.25, -0.2) is 0 Å². The fraction of sp³-hybridized carbons (Fsp3) is 0.0323. The summed E-state index contributed by atoms with van der Waals surface area (Å²) in [5.74, 6) is 1.73. The van der Waals surface area contributed by atoms with Crippen LogP contribution in [0.2, 0.25) is 0 Å². The van der Waals surface area contributed by atoms with E-state index in [2.05, 4.69) is 242 Å². The summed E-state index contributed by atoms with van der Waals surface area (Å²) in [6, 6.07) is 78.2. The van der Waals surface area contributed by atoms with E-state index >= 15 is 0 Å². The van der Waals surface area contributed by atoms with Crippen LogP contribution < -0.4 is 14.5 Å². The van der Waals surface area contributed by atoms with Gasteiger partial charge in [0.25, 0.3) is 0 Å². The Labute approximate surface area is 382 Å². The third-order valence-corrected chi connectivity index (χ3v) is 13.2. The van der Waals surface area contributed by atoms with Crippen LogP contribution in [0.15, 0.2) is 223 Å². The molecule has 66 heavy (non-hydrogen) atoms. The van der Waals surface area contributed by atoms with Crippen LogP contribution in [0.25, 0.3) is 76.5 Å². The number of benzene rings is 11. The highest BCUT2D eigenvalue weighted by Gasteiger charge is 2.26. The zero-order valence-corrected chi connectivity index (χ0v) is 36.5. The monoisotopic (exact) mass is 846 g/mol. The summed E-state index contributed by atoms with van der Waals surface area (Å²) in [7, 11) is 0. The molecule has 0 amide bonds. The lowest BCUT2D eigenvalue weighted by Crippen LogP contribution is -2.10. The predicted molar refractivity (Wildman–Crippen MR) is 276 cm³/mol. The van der Waals surface area contributed by atoms with Gasteiger partial charge in [-0.15, -0.1) is 0 Å². The van der Waals surface area contributed by atoms with Gasteiger partial charge in [0.05, 0.1) is 0 Å². The number of aryl methyl sites for hydroxylation is 2. The Bertz CT molecular complexity index is 3780. The van der Waals surface area contributed by atoms with E-state index in [-0.39, 0.29) is 0 Å². The topological polar surface area (TPSA) is 28.9 Å². The summed E-state index contributed by atoms with van der Waals surface area (Å²) in [4.78, 5) is 4.56. The molecule has 1 aromatic heterocycles. The Morgan fingerprint density at radius 2 is 0.803 bits per heavy atom. The molecule has 1 aliphatic heterocycles. The van der Waals surface area contributed by atoms with E-state index in [4.69, 9.17) is 9.15 Å². The molecular formula is C62H42N2O2. The fourth-order valence-corrected chi connectivity index (χ4v) is 10.3. The van der Waals surface area contributed by atoms with E-state index in [9.17, 15) is 0 Å². The van der Waals surface area contributed by atoms with Gasteiger partial charge in [0.2, 0.25) is 0 Å². The molecule has 0 bridgehead atoms. The number of para-hydroxylation sites is 4. The number of fused-ring (bicyclic) bond motifs is 9. The van der Waals surface area contributed by atoms with Gasteiger partial charge in [-0.1, -0.05) is 109 Å². The van der Waals surface area contributed by atoms with E-state index < -0.39 is 0 Å². The third-order valence-electron chi connectivity index (χ3n) is 13.2. The summed E-state index contributed by atoms with van der Waals surface area (Å²) in [6.07, 6.45) is 0. The Morgan fingerprint density at radius 3 is 1.44 bits per heavy atom. The van der Waals surface area contributed by atoms with E-state index in [1.807, 2.05) is 0 Å². The van der Waals surface area contributed by atoms with Crippen molar-refractivity contribution < 1.29 is 9.15 Å². The molecule has 4 heteroatoms. The average Bonchev–Trinajstić information content (AvgIpc) is 3.72. The number of anilines is 6. The summed E-state index contributed by atoms with van der Waals surface area (Å²) in [5.41, 5.74) is 15.1. The first-order chi connectivity index (χ1) is 32.5. The van der Waals surface area contributed by atoms with Gasteiger partial charge in [0.15, 0.2) is 0 Å². The SMILES string of the molecule is Cc1ccc2c(-c3ccc4c(c3)oc3cc(N(c5ccccc5)c5ccccc5)ccc34)cc3c4cc(C)cc5c4c(cc3c2c1)-c1ccc(N(c2ccccc2)c2ccccc2)cc1O5. The van der Waals surface area contributed by atoms with Crippen molar-refractivity contribution in [3.63, 3.8) is 0 Å². The second-order valence-electron chi connectivity index (χ2n) is 17.5. The number of ether oxygens (including phenoxy) is 1. The molecule has 13 rings (SSSR count). The molecule has 312 valence electrons. The molecule has 0 aliphatic carbocycles. The molecule has 0 spiro atoms. The number of hydrogen-bond acceptors (Lipinski definition) is 4. The van der Waals surface area contributed by atoms with Crippen molar-refractivity contribution in [2.45, 2.75) is 13.8 Å². The van der Waals surface area contributed by atoms with E-state index in [0.29, 0.717) is 0 Å². The fourth-order valence-electron chi connectivity index (χ4n) is 10.3.